The van der Waals surface area contributed by atoms with E-state index >= 15 is 0 Å². The Morgan fingerprint density at radius 2 is 1.71 bits per heavy atom. The molecule has 0 bridgehead atoms. The molecule has 0 aliphatic carbocycles. The van der Waals surface area contributed by atoms with Crippen LogP contribution < -0.4 is 4.90 Å². The van der Waals surface area contributed by atoms with Crippen LogP contribution in [-0.4, -0.2) is 44.2 Å². The molecule has 0 saturated carbocycles. The van der Waals surface area contributed by atoms with Gasteiger partial charge in [0.05, 0.1) is 10.8 Å². The minimum absolute atomic E-state index is 0.00170. The lowest BCUT2D eigenvalue weighted by molar-refractivity contribution is -0.149. The van der Waals surface area contributed by atoms with E-state index in [2.05, 4.69) is 0 Å². The molecule has 31 heavy (non-hydrogen) atoms. The van der Waals surface area contributed by atoms with E-state index in [9.17, 15) is 22.4 Å². The van der Waals surface area contributed by atoms with Crippen LogP contribution in [0.5, 0.6) is 0 Å². The van der Waals surface area contributed by atoms with Crippen LogP contribution in [0.2, 0.25) is 0 Å². The van der Waals surface area contributed by atoms with E-state index in [0.717, 1.165) is 0 Å². The highest BCUT2D eigenvalue weighted by molar-refractivity contribution is 7.89. The van der Waals surface area contributed by atoms with Gasteiger partial charge in [-0.1, -0.05) is 26.0 Å². The fourth-order valence-electron chi connectivity index (χ4n) is 3.48. The molecule has 0 aromatic heterocycles. The molecule has 0 spiro atoms. The van der Waals surface area contributed by atoms with Gasteiger partial charge in [-0.3, -0.25) is 9.59 Å². The number of sulfonamides is 1. The maximum absolute atomic E-state index is 13.0. The van der Waals surface area contributed by atoms with Gasteiger partial charge in [-0.05, 0) is 42.0 Å². The predicted octanol–water partition coefficient (Wildman–Crippen LogP) is 2.95. The van der Waals surface area contributed by atoms with Gasteiger partial charge in [0.15, 0.2) is 0 Å². The number of amides is 1. The minimum Gasteiger partial charge on any atom is -0.461 e. The molecule has 2 aromatic carbocycles. The molecule has 0 radical (unpaired) electrons. The molecule has 2 aromatic rings. The molecule has 1 fully saturated rings. The van der Waals surface area contributed by atoms with E-state index in [1.807, 2.05) is 0 Å². The summed E-state index contributed by atoms with van der Waals surface area (Å²) >= 11 is 0. The fourth-order valence-corrected chi connectivity index (χ4v) is 4.94. The number of hydrogen-bond acceptors (Lipinski definition) is 5. The van der Waals surface area contributed by atoms with E-state index in [-0.39, 0.29) is 36.2 Å². The van der Waals surface area contributed by atoms with Crippen LogP contribution in [0.3, 0.4) is 0 Å². The van der Waals surface area contributed by atoms with E-state index in [1.165, 1.54) is 45.6 Å². The van der Waals surface area contributed by atoms with Gasteiger partial charge in [0.25, 0.3) is 0 Å². The number of rotatable bonds is 8. The number of esters is 1. The molecule has 1 aliphatic rings. The molecular formula is C22H25FN2O5S. The molecular weight excluding hydrogens is 423 g/mol. The van der Waals surface area contributed by atoms with Crippen molar-refractivity contribution in [3.05, 3.63) is 59.9 Å². The van der Waals surface area contributed by atoms with Gasteiger partial charge in [0.1, 0.15) is 12.4 Å². The number of ether oxygens (including phenoxy) is 1. The third-order valence-electron chi connectivity index (χ3n) is 5.24. The zero-order valence-electron chi connectivity index (χ0n) is 17.5. The highest BCUT2D eigenvalue weighted by Crippen LogP contribution is 2.28. The fraction of sp³-hybridized carbons (Fsp3) is 0.364. The highest BCUT2D eigenvalue weighted by atomic mass is 32.2. The van der Waals surface area contributed by atoms with Crippen molar-refractivity contribution in [3.8, 4) is 0 Å². The first-order valence-corrected chi connectivity index (χ1v) is 11.5. The second kappa shape index (κ2) is 9.57. The second-order valence-electron chi connectivity index (χ2n) is 7.22. The highest BCUT2D eigenvalue weighted by Gasteiger charge is 2.36. The van der Waals surface area contributed by atoms with Gasteiger partial charge in [-0.2, -0.15) is 4.31 Å². The molecule has 1 amide bonds. The van der Waals surface area contributed by atoms with Gasteiger partial charge in [-0.25, -0.2) is 12.8 Å². The number of benzene rings is 2. The van der Waals surface area contributed by atoms with Crippen molar-refractivity contribution in [2.45, 2.75) is 31.8 Å². The number of carbonyl (C=O) groups excluding carboxylic acids is 2. The number of carbonyl (C=O) groups is 2. The summed E-state index contributed by atoms with van der Waals surface area (Å²) in [7, 11) is -3.58. The lowest BCUT2D eigenvalue weighted by atomic mass is 10.1. The van der Waals surface area contributed by atoms with Crippen molar-refractivity contribution >= 4 is 27.6 Å². The van der Waals surface area contributed by atoms with Crippen molar-refractivity contribution in [2.75, 3.05) is 24.5 Å². The first-order valence-electron chi connectivity index (χ1n) is 10.1. The van der Waals surface area contributed by atoms with E-state index in [0.29, 0.717) is 24.3 Å². The molecule has 9 heteroatoms. The Bertz CT molecular complexity index is 1030. The molecule has 1 heterocycles. The van der Waals surface area contributed by atoms with E-state index in [1.54, 1.807) is 26.0 Å². The summed E-state index contributed by atoms with van der Waals surface area (Å²) in [6.07, 6.45) is 0.0156. The van der Waals surface area contributed by atoms with Crippen molar-refractivity contribution < 1.29 is 27.1 Å². The molecule has 3 rings (SSSR count). The molecule has 1 aliphatic heterocycles. The molecule has 1 saturated heterocycles. The maximum Gasteiger partial charge on any atom is 0.311 e. The Morgan fingerprint density at radius 3 is 2.29 bits per heavy atom. The minimum atomic E-state index is -3.58. The first-order chi connectivity index (χ1) is 14.8. The SMILES string of the molecule is CCN(CC)S(=O)(=O)c1ccc(N2C[C@@H](C(=O)OCc3ccc(F)cc3)CC2=O)cc1. The third-order valence-corrected chi connectivity index (χ3v) is 7.31. The Balaban J connectivity index is 1.64. The standard InChI is InChI=1S/C22H25FN2O5S/c1-3-24(4-2)31(28,29)20-11-9-19(10-12-20)25-14-17(13-21(25)26)22(27)30-15-16-5-7-18(23)8-6-16/h5-12,17H,3-4,13-15H2,1-2H3/t17-/m0/s1. The summed E-state index contributed by atoms with van der Waals surface area (Å²) in [5.41, 5.74) is 1.18. The van der Waals surface area contributed by atoms with Crippen LogP contribution >= 0.6 is 0 Å². The lowest BCUT2D eigenvalue weighted by Crippen LogP contribution is -2.30. The molecule has 166 valence electrons. The smallest absolute Gasteiger partial charge is 0.311 e. The number of hydrogen-bond donors (Lipinski definition) is 0. The third kappa shape index (κ3) is 5.11. The molecule has 7 nitrogen and oxygen atoms in total. The topological polar surface area (TPSA) is 84.0 Å². The van der Waals surface area contributed by atoms with E-state index in [4.69, 9.17) is 4.74 Å². The summed E-state index contributed by atoms with van der Waals surface area (Å²) < 4.78 is 44.8. The molecule has 1 atom stereocenters. The van der Waals surface area contributed by atoms with Crippen LogP contribution in [0.1, 0.15) is 25.8 Å². The molecule has 0 unspecified atom stereocenters. The average Bonchev–Trinajstić information content (AvgIpc) is 3.15. The van der Waals surface area contributed by atoms with Crippen LogP contribution in [-0.2, 0) is 31.0 Å². The number of anilines is 1. The van der Waals surface area contributed by atoms with E-state index < -0.39 is 21.9 Å². The second-order valence-corrected chi connectivity index (χ2v) is 9.16. The van der Waals surface area contributed by atoms with Gasteiger partial charge in [-0.15, -0.1) is 0 Å². The lowest BCUT2D eigenvalue weighted by Gasteiger charge is -2.20. The van der Waals surface area contributed by atoms with Crippen LogP contribution in [0.25, 0.3) is 0 Å². The van der Waals surface area contributed by atoms with Crippen molar-refractivity contribution in [1.82, 2.24) is 4.31 Å². The zero-order chi connectivity index (χ0) is 22.6. The van der Waals surface area contributed by atoms with Crippen molar-refractivity contribution in [2.24, 2.45) is 5.92 Å². The Kier molecular flexibility index (Phi) is 7.07. The van der Waals surface area contributed by atoms with Gasteiger partial charge >= 0.3 is 5.97 Å². The average molecular weight is 449 g/mol. The Labute approximate surface area is 181 Å². The number of nitrogens with zero attached hydrogens (tertiary/aromatic N) is 2. The van der Waals surface area contributed by atoms with Crippen molar-refractivity contribution in [3.63, 3.8) is 0 Å². The first kappa shape index (κ1) is 22.9. The van der Waals surface area contributed by atoms with Gasteiger partial charge in [0.2, 0.25) is 15.9 Å². The van der Waals surface area contributed by atoms with Crippen LogP contribution in [0.15, 0.2) is 53.4 Å². The van der Waals surface area contributed by atoms with Crippen molar-refractivity contribution in [1.29, 1.82) is 0 Å². The monoisotopic (exact) mass is 448 g/mol. The molecule has 0 N–H and O–H groups in total. The Hall–Kier alpha value is -2.78. The number of halogens is 1. The van der Waals surface area contributed by atoms with Gasteiger partial charge in [0, 0.05) is 31.7 Å². The Morgan fingerprint density at radius 1 is 1.10 bits per heavy atom. The summed E-state index contributed by atoms with van der Waals surface area (Å²) in [5.74, 6) is -1.72. The summed E-state index contributed by atoms with van der Waals surface area (Å²) in [6, 6.07) is 11.7. The largest absolute Gasteiger partial charge is 0.461 e. The van der Waals surface area contributed by atoms with Crippen LogP contribution in [0.4, 0.5) is 10.1 Å². The van der Waals surface area contributed by atoms with Crippen LogP contribution in [0, 0.1) is 11.7 Å². The summed E-state index contributed by atoms with van der Waals surface area (Å²) in [5, 5.41) is 0. The normalized spacial score (nSPS) is 16.7. The zero-order valence-corrected chi connectivity index (χ0v) is 18.3. The summed E-state index contributed by atoms with van der Waals surface area (Å²) in [4.78, 5) is 26.4. The maximum atomic E-state index is 13.0. The quantitative estimate of drug-likeness (QED) is 0.580. The predicted molar refractivity (Wildman–Crippen MR) is 113 cm³/mol. The van der Waals surface area contributed by atoms with Gasteiger partial charge < -0.3 is 9.64 Å². The summed E-state index contributed by atoms with van der Waals surface area (Å²) in [6.45, 7) is 4.44.